The molecule has 1 atom stereocenters. The average Bonchev–Trinajstić information content (AvgIpc) is 3.35. The van der Waals surface area contributed by atoms with Gasteiger partial charge in [0.2, 0.25) is 11.8 Å². The van der Waals surface area contributed by atoms with Crippen LogP contribution in [0.4, 0.5) is 0 Å². The van der Waals surface area contributed by atoms with Gasteiger partial charge >= 0.3 is 0 Å². The SMILES string of the molecule is CCc1cn[nH]c1C1CCN(C(=O)[C@H]2CC(=O)N(Cc3cccnc3)C2)CC1. The fourth-order valence-electron chi connectivity index (χ4n) is 4.41. The number of amides is 2. The van der Waals surface area contributed by atoms with Gasteiger partial charge in [0.15, 0.2) is 0 Å². The van der Waals surface area contributed by atoms with Crippen molar-refractivity contribution in [3.05, 3.63) is 47.5 Å². The summed E-state index contributed by atoms with van der Waals surface area (Å²) in [4.78, 5) is 33.2. The van der Waals surface area contributed by atoms with Crippen LogP contribution < -0.4 is 0 Å². The molecule has 2 aliphatic heterocycles. The van der Waals surface area contributed by atoms with E-state index >= 15 is 0 Å². The number of hydrogen-bond donors (Lipinski definition) is 1. The number of rotatable bonds is 5. The molecule has 0 bridgehead atoms. The minimum Gasteiger partial charge on any atom is -0.342 e. The Morgan fingerprint density at radius 2 is 2.11 bits per heavy atom. The van der Waals surface area contributed by atoms with Crippen molar-refractivity contribution in [2.45, 2.75) is 45.1 Å². The highest BCUT2D eigenvalue weighted by Gasteiger charge is 2.37. The molecule has 0 spiro atoms. The van der Waals surface area contributed by atoms with Crippen LogP contribution in [0.15, 0.2) is 30.7 Å². The van der Waals surface area contributed by atoms with Crippen molar-refractivity contribution in [3.8, 4) is 0 Å². The second kappa shape index (κ2) is 8.12. The van der Waals surface area contributed by atoms with Gasteiger partial charge in [-0.05, 0) is 36.5 Å². The topological polar surface area (TPSA) is 82.2 Å². The summed E-state index contributed by atoms with van der Waals surface area (Å²) in [5, 5.41) is 7.33. The molecule has 1 N–H and O–H groups in total. The molecule has 2 fully saturated rings. The minimum atomic E-state index is -0.223. The second-order valence-electron chi connectivity index (χ2n) is 7.80. The van der Waals surface area contributed by atoms with Gasteiger partial charge in [-0.15, -0.1) is 0 Å². The van der Waals surface area contributed by atoms with E-state index in [1.165, 1.54) is 11.3 Å². The first-order chi connectivity index (χ1) is 13.7. The summed E-state index contributed by atoms with van der Waals surface area (Å²) in [6.45, 7) is 4.67. The number of aromatic amines is 1. The van der Waals surface area contributed by atoms with Gasteiger partial charge in [-0.2, -0.15) is 5.10 Å². The summed E-state index contributed by atoms with van der Waals surface area (Å²) in [6, 6.07) is 3.83. The van der Waals surface area contributed by atoms with E-state index in [1.54, 1.807) is 17.3 Å². The molecule has 148 valence electrons. The van der Waals surface area contributed by atoms with E-state index in [9.17, 15) is 9.59 Å². The normalized spacial score (nSPS) is 20.8. The third-order valence-electron chi connectivity index (χ3n) is 6.01. The zero-order valence-electron chi connectivity index (χ0n) is 16.3. The number of carbonyl (C=O) groups excluding carboxylic acids is 2. The maximum absolute atomic E-state index is 13.0. The maximum atomic E-state index is 13.0. The van der Waals surface area contributed by atoms with Crippen LogP contribution in [-0.4, -0.2) is 56.4 Å². The maximum Gasteiger partial charge on any atom is 0.227 e. The molecule has 0 radical (unpaired) electrons. The van der Waals surface area contributed by atoms with E-state index in [0.29, 0.717) is 25.4 Å². The quantitative estimate of drug-likeness (QED) is 0.860. The highest BCUT2D eigenvalue weighted by Crippen LogP contribution is 2.31. The Bertz CT molecular complexity index is 826. The third kappa shape index (κ3) is 3.79. The van der Waals surface area contributed by atoms with Gasteiger partial charge < -0.3 is 9.80 Å². The Morgan fingerprint density at radius 1 is 1.29 bits per heavy atom. The number of nitrogens with zero attached hydrogens (tertiary/aromatic N) is 4. The zero-order chi connectivity index (χ0) is 19.5. The van der Waals surface area contributed by atoms with Crippen LogP contribution >= 0.6 is 0 Å². The highest BCUT2D eigenvalue weighted by atomic mass is 16.2. The van der Waals surface area contributed by atoms with Gasteiger partial charge in [0.05, 0.1) is 12.1 Å². The van der Waals surface area contributed by atoms with Crippen LogP contribution in [0.5, 0.6) is 0 Å². The van der Waals surface area contributed by atoms with Crippen molar-refractivity contribution < 1.29 is 9.59 Å². The number of aryl methyl sites for hydroxylation is 1. The van der Waals surface area contributed by atoms with E-state index in [1.807, 2.05) is 23.2 Å². The van der Waals surface area contributed by atoms with E-state index in [-0.39, 0.29) is 17.7 Å². The second-order valence-corrected chi connectivity index (χ2v) is 7.80. The van der Waals surface area contributed by atoms with Crippen LogP contribution in [0.25, 0.3) is 0 Å². The molecular weight excluding hydrogens is 354 g/mol. The lowest BCUT2D eigenvalue weighted by molar-refractivity contribution is -0.136. The number of aromatic nitrogens is 3. The van der Waals surface area contributed by atoms with Crippen LogP contribution in [-0.2, 0) is 22.6 Å². The van der Waals surface area contributed by atoms with E-state index in [0.717, 1.165) is 37.9 Å². The number of nitrogens with one attached hydrogen (secondary N) is 1. The first-order valence-corrected chi connectivity index (χ1v) is 10.1. The lowest BCUT2D eigenvalue weighted by Gasteiger charge is -2.33. The first kappa shape index (κ1) is 18.7. The van der Waals surface area contributed by atoms with Crippen molar-refractivity contribution in [1.82, 2.24) is 25.0 Å². The Kier molecular flexibility index (Phi) is 5.41. The van der Waals surface area contributed by atoms with E-state index in [4.69, 9.17) is 0 Å². The number of piperidine rings is 1. The summed E-state index contributed by atoms with van der Waals surface area (Å²) < 4.78 is 0. The fourth-order valence-corrected chi connectivity index (χ4v) is 4.41. The number of H-pyrrole nitrogens is 1. The summed E-state index contributed by atoms with van der Waals surface area (Å²) >= 11 is 0. The average molecular weight is 381 g/mol. The molecule has 0 saturated carbocycles. The smallest absolute Gasteiger partial charge is 0.227 e. The molecule has 28 heavy (non-hydrogen) atoms. The zero-order valence-corrected chi connectivity index (χ0v) is 16.3. The van der Waals surface area contributed by atoms with E-state index < -0.39 is 0 Å². The molecule has 0 aliphatic carbocycles. The number of carbonyl (C=O) groups is 2. The molecule has 2 saturated heterocycles. The summed E-state index contributed by atoms with van der Waals surface area (Å²) in [7, 11) is 0. The van der Waals surface area contributed by atoms with Crippen LogP contribution in [0.1, 0.15) is 48.9 Å². The monoisotopic (exact) mass is 381 g/mol. The highest BCUT2D eigenvalue weighted by molar-refractivity contribution is 5.89. The summed E-state index contributed by atoms with van der Waals surface area (Å²) in [6.07, 6.45) is 8.59. The molecule has 2 amide bonds. The lowest BCUT2D eigenvalue weighted by atomic mass is 9.90. The first-order valence-electron chi connectivity index (χ1n) is 10.1. The van der Waals surface area contributed by atoms with E-state index in [2.05, 4.69) is 22.1 Å². The van der Waals surface area contributed by atoms with Crippen molar-refractivity contribution in [2.75, 3.05) is 19.6 Å². The van der Waals surface area contributed by atoms with Gasteiger partial charge in [0.25, 0.3) is 0 Å². The predicted molar refractivity (Wildman–Crippen MR) is 104 cm³/mol. The molecule has 2 aliphatic rings. The van der Waals surface area contributed by atoms with Gasteiger partial charge in [-0.3, -0.25) is 19.7 Å². The standard InChI is InChI=1S/C21H27N5O2/c1-2-16-12-23-24-20(16)17-5-8-25(9-6-17)21(28)18-10-19(27)26(14-18)13-15-4-3-7-22-11-15/h3-4,7,11-12,17-18H,2,5-6,8-10,13-14H2,1H3,(H,23,24)/t18-/m0/s1. The number of hydrogen-bond acceptors (Lipinski definition) is 4. The predicted octanol–water partition coefficient (Wildman–Crippen LogP) is 2.12. The molecule has 2 aromatic heterocycles. The molecule has 2 aromatic rings. The van der Waals surface area contributed by atoms with Crippen molar-refractivity contribution in [1.29, 1.82) is 0 Å². The van der Waals surface area contributed by atoms with Crippen LogP contribution in [0.2, 0.25) is 0 Å². The number of likely N-dealkylation sites (tertiary alicyclic amines) is 2. The van der Waals surface area contributed by atoms with Gasteiger partial charge in [-0.25, -0.2) is 0 Å². The Morgan fingerprint density at radius 3 is 2.82 bits per heavy atom. The molecule has 7 heteroatoms. The molecule has 4 heterocycles. The lowest BCUT2D eigenvalue weighted by Crippen LogP contribution is -2.42. The minimum absolute atomic E-state index is 0.0575. The van der Waals surface area contributed by atoms with Crippen molar-refractivity contribution in [2.24, 2.45) is 5.92 Å². The van der Waals surface area contributed by atoms with Crippen molar-refractivity contribution in [3.63, 3.8) is 0 Å². The van der Waals surface area contributed by atoms with Gasteiger partial charge in [-0.1, -0.05) is 13.0 Å². The van der Waals surface area contributed by atoms with Crippen LogP contribution in [0, 0.1) is 5.92 Å². The molecule has 4 rings (SSSR count). The van der Waals surface area contributed by atoms with Gasteiger partial charge in [0, 0.05) is 56.6 Å². The molecule has 0 aromatic carbocycles. The Balaban J connectivity index is 1.32. The Labute approximate surface area is 165 Å². The molecular formula is C21H27N5O2. The molecule has 7 nitrogen and oxygen atoms in total. The number of pyridine rings is 1. The van der Waals surface area contributed by atoms with Crippen LogP contribution in [0.3, 0.4) is 0 Å². The largest absolute Gasteiger partial charge is 0.342 e. The summed E-state index contributed by atoms with van der Waals surface area (Å²) in [5.74, 6) is 0.399. The summed E-state index contributed by atoms with van der Waals surface area (Å²) in [5.41, 5.74) is 3.50. The fraction of sp³-hybridized carbons (Fsp3) is 0.524. The molecule has 0 unspecified atom stereocenters. The third-order valence-corrected chi connectivity index (χ3v) is 6.01. The Hall–Kier alpha value is -2.70. The van der Waals surface area contributed by atoms with Gasteiger partial charge in [0.1, 0.15) is 0 Å². The van der Waals surface area contributed by atoms with Crippen molar-refractivity contribution >= 4 is 11.8 Å².